The highest BCUT2D eigenvalue weighted by Crippen LogP contribution is 2.24. The summed E-state index contributed by atoms with van der Waals surface area (Å²) in [7, 11) is 3.33. The zero-order valence-electron chi connectivity index (χ0n) is 11.9. The summed E-state index contributed by atoms with van der Waals surface area (Å²) in [5, 5.41) is 2.32. The maximum absolute atomic E-state index is 5.97. The fourth-order valence-electron chi connectivity index (χ4n) is 2.13. The molecule has 0 aromatic heterocycles. The Morgan fingerprint density at radius 2 is 2.05 bits per heavy atom. The van der Waals surface area contributed by atoms with E-state index in [2.05, 4.69) is 23.2 Å². The summed E-state index contributed by atoms with van der Waals surface area (Å²) in [5.74, 6) is 1.47. The molecule has 20 heavy (non-hydrogen) atoms. The second kappa shape index (κ2) is 6.91. The van der Waals surface area contributed by atoms with Crippen LogP contribution in [0.4, 0.5) is 0 Å². The van der Waals surface area contributed by atoms with Crippen molar-refractivity contribution < 1.29 is 9.47 Å². The van der Waals surface area contributed by atoms with E-state index in [0.29, 0.717) is 25.4 Å². The summed E-state index contributed by atoms with van der Waals surface area (Å²) in [6.45, 7) is 1.18. The van der Waals surface area contributed by atoms with Crippen molar-refractivity contribution in [3.63, 3.8) is 0 Å². The smallest absolute Gasteiger partial charge is 0.119 e. The molecule has 0 saturated heterocycles. The number of rotatable bonds is 6. The summed E-state index contributed by atoms with van der Waals surface area (Å²) in [5.41, 5.74) is 7.12. The first-order valence-corrected chi connectivity index (χ1v) is 6.58. The molecule has 0 amide bonds. The summed E-state index contributed by atoms with van der Waals surface area (Å²) in [6, 6.07) is 12.2. The van der Waals surface area contributed by atoms with Crippen molar-refractivity contribution >= 4 is 16.6 Å². The lowest BCUT2D eigenvalue weighted by molar-refractivity contribution is 0.208. The normalized spacial score (nSPS) is 11.8. The van der Waals surface area contributed by atoms with E-state index < -0.39 is 0 Å². The number of nitrogens with two attached hydrogens (primary N) is 1. The van der Waals surface area contributed by atoms with E-state index in [-0.39, 0.29) is 0 Å². The van der Waals surface area contributed by atoms with Gasteiger partial charge >= 0.3 is 0 Å². The molecule has 0 aliphatic carbocycles. The molecular weight excluding hydrogens is 252 g/mol. The van der Waals surface area contributed by atoms with Gasteiger partial charge in [-0.25, -0.2) is 0 Å². The van der Waals surface area contributed by atoms with Crippen LogP contribution < -0.4 is 10.5 Å². The SMILES string of the molecule is COCCN=C(N)Cc1cccc2ccc(OC)cc12. The molecule has 0 unspecified atom stereocenters. The lowest BCUT2D eigenvalue weighted by Crippen LogP contribution is -2.16. The molecule has 106 valence electrons. The largest absolute Gasteiger partial charge is 0.497 e. The zero-order valence-corrected chi connectivity index (χ0v) is 11.9. The Hall–Kier alpha value is -2.07. The van der Waals surface area contributed by atoms with Crippen LogP contribution in [0, 0.1) is 0 Å². The zero-order chi connectivity index (χ0) is 14.4. The van der Waals surface area contributed by atoms with E-state index in [1.165, 1.54) is 5.39 Å². The number of fused-ring (bicyclic) bond motifs is 1. The maximum Gasteiger partial charge on any atom is 0.119 e. The van der Waals surface area contributed by atoms with Crippen LogP contribution in [0.2, 0.25) is 0 Å². The maximum atomic E-state index is 5.97. The quantitative estimate of drug-likeness (QED) is 0.499. The summed E-state index contributed by atoms with van der Waals surface area (Å²) < 4.78 is 10.2. The van der Waals surface area contributed by atoms with Crippen LogP contribution in [0.25, 0.3) is 10.8 Å². The van der Waals surface area contributed by atoms with Gasteiger partial charge < -0.3 is 15.2 Å². The molecule has 4 nitrogen and oxygen atoms in total. The van der Waals surface area contributed by atoms with Crippen molar-refractivity contribution in [3.8, 4) is 5.75 Å². The Morgan fingerprint density at radius 3 is 2.80 bits per heavy atom. The predicted octanol–water partition coefficient (Wildman–Crippen LogP) is 2.39. The highest BCUT2D eigenvalue weighted by molar-refractivity contribution is 5.92. The van der Waals surface area contributed by atoms with Gasteiger partial charge in [-0.15, -0.1) is 0 Å². The molecule has 4 heteroatoms. The highest BCUT2D eigenvalue weighted by atomic mass is 16.5. The number of hydrogen-bond donors (Lipinski definition) is 1. The molecule has 0 atom stereocenters. The number of ether oxygens (including phenoxy) is 2. The van der Waals surface area contributed by atoms with Gasteiger partial charge in [0.05, 0.1) is 26.1 Å². The van der Waals surface area contributed by atoms with E-state index in [9.17, 15) is 0 Å². The Bertz CT molecular complexity index is 608. The van der Waals surface area contributed by atoms with Crippen LogP contribution in [-0.4, -0.2) is 33.2 Å². The number of nitrogens with zero attached hydrogens (tertiary/aromatic N) is 1. The highest BCUT2D eigenvalue weighted by Gasteiger charge is 2.04. The molecule has 0 bridgehead atoms. The predicted molar refractivity (Wildman–Crippen MR) is 82.6 cm³/mol. The van der Waals surface area contributed by atoms with E-state index in [1.54, 1.807) is 14.2 Å². The Labute approximate surface area is 119 Å². The minimum atomic E-state index is 0.587. The number of amidine groups is 1. The minimum absolute atomic E-state index is 0.587. The molecule has 2 rings (SSSR count). The fourth-order valence-corrected chi connectivity index (χ4v) is 2.13. The van der Waals surface area contributed by atoms with E-state index in [1.807, 2.05) is 18.2 Å². The molecule has 2 N–H and O–H groups in total. The van der Waals surface area contributed by atoms with E-state index in [0.717, 1.165) is 16.7 Å². The lowest BCUT2D eigenvalue weighted by atomic mass is 10.0. The third kappa shape index (κ3) is 3.48. The van der Waals surface area contributed by atoms with Gasteiger partial charge in [-0.3, -0.25) is 4.99 Å². The van der Waals surface area contributed by atoms with Crippen LogP contribution in [0.15, 0.2) is 41.4 Å². The second-order valence-electron chi connectivity index (χ2n) is 4.55. The topological polar surface area (TPSA) is 56.8 Å². The van der Waals surface area contributed by atoms with Crippen LogP contribution in [0.1, 0.15) is 5.56 Å². The van der Waals surface area contributed by atoms with Crippen LogP contribution in [0.5, 0.6) is 5.75 Å². The van der Waals surface area contributed by atoms with Gasteiger partial charge in [-0.05, 0) is 28.5 Å². The van der Waals surface area contributed by atoms with Crippen LogP contribution in [0.3, 0.4) is 0 Å². The van der Waals surface area contributed by atoms with Gasteiger partial charge in [0.1, 0.15) is 5.75 Å². The standard InChI is InChI=1S/C16H20N2O2/c1-19-9-8-18-16(17)10-13-5-3-4-12-6-7-14(20-2)11-15(12)13/h3-7,11H,8-10H2,1-2H3,(H2,17,18). The summed E-state index contributed by atoms with van der Waals surface area (Å²) >= 11 is 0. The average Bonchev–Trinajstić information content (AvgIpc) is 2.47. The second-order valence-corrected chi connectivity index (χ2v) is 4.55. The fraction of sp³-hybridized carbons (Fsp3) is 0.312. The third-order valence-electron chi connectivity index (χ3n) is 3.16. The van der Waals surface area contributed by atoms with Gasteiger partial charge in [0.2, 0.25) is 0 Å². The number of hydrogen-bond acceptors (Lipinski definition) is 3. The van der Waals surface area contributed by atoms with Crippen molar-refractivity contribution in [2.75, 3.05) is 27.4 Å². The third-order valence-corrected chi connectivity index (χ3v) is 3.16. The van der Waals surface area contributed by atoms with Gasteiger partial charge in [-0.2, -0.15) is 0 Å². The first kappa shape index (κ1) is 14.3. The Balaban J connectivity index is 2.27. The molecule has 0 heterocycles. The van der Waals surface area contributed by atoms with Crippen molar-refractivity contribution in [1.82, 2.24) is 0 Å². The van der Waals surface area contributed by atoms with E-state index >= 15 is 0 Å². The first-order chi connectivity index (χ1) is 9.74. The molecular formula is C16H20N2O2. The molecule has 0 fully saturated rings. The minimum Gasteiger partial charge on any atom is -0.497 e. The van der Waals surface area contributed by atoms with E-state index in [4.69, 9.17) is 15.2 Å². The Kier molecular flexibility index (Phi) is 4.96. The first-order valence-electron chi connectivity index (χ1n) is 6.58. The van der Waals surface area contributed by atoms with Crippen molar-refractivity contribution in [1.29, 1.82) is 0 Å². The van der Waals surface area contributed by atoms with Crippen LogP contribution >= 0.6 is 0 Å². The molecule has 0 radical (unpaired) electrons. The van der Waals surface area contributed by atoms with Crippen molar-refractivity contribution in [2.45, 2.75) is 6.42 Å². The van der Waals surface area contributed by atoms with Gasteiger partial charge in [-0.1, -0.05) is 24.3 Å². The van der Waals surface area contributed by atoms with Gasteiger partial charge in [0.25, 0.3) is 0 Å². The summed E-state index contributed by atoms with van der Waals surface area (Å²) in [4.78, 5) is 4.30. The molecule has 0 spiro atoms. The number of benzene rings is 2. The van der Waals surface area contributed by atoms with Crippen molar-refractivity contribution in [2.24, 2.45) is 10.7 Å². The Morgan fingerprint density at radius 1 is 1.20 bits per heavy atom. The number of aliphatic imine (C=N–C) groups is 1. The van der Waals surface area contributed by atoms with Crippen molar-refractivity contribution in [3.05, 3.63) is 42.0 Å². The van der Waals surface area contributed by atoms with Gasteiger partial charge in [0, 0.05) is 13.5 Å². The monoisotopic (exact) mass is 272 g/mol. The molecule has 2 aromatic rings. The molecule has 0 saturated carbocycles. The lowest BCUT2D eigenvalue weighted by Gasteiger charge is -2.08. The van der Waals surface area contributed by atoms with Crippen LogP contribution in [-0.2, 0) is 11.2 Å². The molecule has 0 aliphatic rings. The molecule has 2 aromatic carbocycles. The average molecular weight is 272 g/mol. The summed E-state index contributed by atoms with van der Waals surface area (Å²) in [6.07, 6.45) is 0.633. The molecule has 0 aliphatic heterocycles. The van der Waals surface area contributed by atoms with Gasteiger partial charge in [0.15, 0.2) is 0 Å². The number of methoxy groups -OCH3 is 2.